The molecule has 1 heterocycles. The maximum absolute atomic E-state index is 11.0. The van der Waals surface area contributed by atoms with Crippen LogP contribution in [-0.2, 0) is 4.79 Å². The normalized spacial score (nSPS) is 21.1. The topological polar surface area (TPSA) is 86.0 Å². The molecule has 2 aromatic rings. The van der Waals surface area contributed by atoms with E-state index in [-0.39, 0.29) is 12.0 Å². The molecule has 2 unspecified atom stereocenters. The third-order valence-corrected chi connectivity index (χ3v) is 4.03. The van der Waals surface area contributed by atoms with Gasteiger partial charge in [0.05, 0.1) is 22.7 Å². The van der Waals surface area contributed by atoms with Crippen molar-refractivity contribution in [1.29, 1.82) is 5.26 Å². The average molecular weight is 281 g/mol. The fourth-order valence-corrected chi connectivity index (χ4v) is 2.92. The Morgan fingerprint density at radius 2 is 2.19 bits per heavy atom. The Morgan fingerprint density at radius 3 is 2.90 bits per heavy atom. The smallest absolute Gasteiger partial charge is 0.306 e. The van der Waals surface area contributed by atoms with Crippen molar-refractivity contribution in [2.75, 3.05) is 5.32 Å². The Balaban J connectivity index is 1.93. The molecule has 1 aliphatic rings. The number of pyridine rings is 1. The first-order valence-electron chi connectivity index (χ1n) is 6.96. The molecule has 0 spiro atoms. The van der Waals surface area contributed by atoms with E-state index in [1.54, 1.807) is 6.20 Å². The summed E-state index contributed by atoms with van der Waals surface area (Å²) >= 11 is 0. The molecule has 1 aromatic carbocycles. The van der Waals surface area contributed by atoms with E-state index in [0.29, 0.717) is 18.4 Å². The Bertz CT molecular complexity index is 736. The zero-order valence-corrected chi connectivity index (χ0v) is 11.4. The van der Waals surface area contributed by atoms with E-state index in [2.05, 4.69) is 16.4 Å². The van der Waals surface area contributed by atoms with Crippen molar-refractivity contribution in [1.82, 2.24) is 4.98 Å². The van der Waals surface area contributed by atoms with Gasteiger partial charge in [-0.2, -0.15) is 5.26 Å². The monoisotopic (exact) mass is 281 g/mol. The number of nitrogens with one attached hydrogen (secondary N) is 1. The van der Waals surface area contributed by atoms with Crippen LogP contribution in [0.3, 0.4) is 0 Å². The number of nitriles is 1. The minimum absolute atomic E-state index is 0.0870. The predicted molar refractivity (Wildman–Crippen MR) is 78.8 cm³/mol. The summed E-state index contributed by atoms with van der Waals surface area (Å²) < 4.78 is 0. The fraction of sp³-hybridized carbons (Fsp3) is 0.312. The molecule has 2 N–H and O–H groups in total. The molecule has 0 saturated heterocycles. The molecular weight excluding hydrogens is 266 g/mol. The van der Waals surface area contributed by atoms with Crippen LogP contribution in [0.5, 0.6) is 0 Å². The Morgan fingerprint density at radius 1 is 1.38 bits per heavy atom. The minimum Gasteiger partial charge on any atom is -0.481 e. The van der Waals surface area contributed by atoms with Crippen LogP contribution in [0.2, 0.25) is 0 Å². The molecule has 21 heavy (non-hydrogen) atoms. The zero-order chi connectivity index (χ0) is 14.8. The quantitative estimate of drug-likeness (QED) is 0.903. The van der Waals surface area contributed by atoms with Gasteiger partial charge >= 0.3 is 5.97 Å². The van der Waals surface area contributed by atoms with E-state index in [4.69, 9.17) is 5.11 Å². The lowest BCUT2D eigenvalue weighted by molar-refractivity contribution is -0.141. The summed E-state index contributed by atoms with van der Waals surface area (Å²) in [6.07, 6.45) is 3.64. The van der Waals surface area contributed by atoms with Gasteiger partial charge in [0.1, 0.15) is 6.07 Å². The summed E-state index contributed by atoms with van der Waals surface area (Å²) in [5.74, 6) is -1.03. The zero-order valence-electron chi connectivity index (χ0n) is 11.4. The highest BCUT2D eigenvalue weighted by atomic mass is 16.4. The van der Waals surface area contributed by atoms with E-state index in [9.17, 15) is 10.1 Å². The second-order valence-corrected chi connectivity index (χ2v) is 5.37. The van der Waals surface area contributed by atoms with Gasteiger partial charge in [-0.05, 0) is 25.3 Å². The van der Waals surface area contributed by atoms with Gasteiger partial charge in [0.2, 0.25) is 0 Å². The van der Waals surface area contributed by atoms with E-state index in [1.165, 1.54) is 0 Å². The molecule has 1 fully saturated rings. The molecule has 3 rings (SSSR count). The Kier molecular flexibility index (Phi) is 3.44. The Hall–Kier alpha value is -2.61. The van der Waals surface area contributed by atoms with Crippen LogP contribution in [-0.4, -0.2) is 22.1 Å². The number of carboxylic acids is 1. The highest BCUT2D eigenvalue weighted by Gasteiger charge is 2.30. The lowest BCUT2D eigenvalue weighted by atomic mass is 10.1. The first kappa shape index (κ1) is 13.4. The third kappa shape index (κ3) is 2.52. The molecule has 0 bridgehead atoms. The highest BCUT2D eigenvalue weighted by molar-refractivity contribution is 5.94. The van der Waals surface area contributed by atoms with Gasteiger partial charge in [0.25, 0.3) is 0 Å². The van der Waals surface area contributed by atoms with E-state index < -0.39 is 5.97 Å². The second-order valence-electron chi connectivity index (χ2n) is 5.37. The molecule has 0 aliphatic heterocycles. The molecule has 5 nitrogen and oxygen atoms in total. The van der Waals surface area contributed by atoms with Gasteiger partial charge in [-0.3, -0.25) is 9.78 Å². The minimum atomic E-state index is -0.737. The lowest BCUT2D eigenvalue weighted by Gasteiger charge is -2.17. The first-order chi connectivity index (χ1) is 10.2. The number of hydrogen-bond donors (Lipinski definition) is 2. The van der Waals surface area contributed by atoms with Gasteiger partial charge in [0, 0.05) is 17.6 Å². The molecule has 2 atom stereocenters. The Labute approximate surface area is 122 Å². The van der Waals surface area contributed by atoms with E-state index >= 15 is 0 Å². The molecule has 0 amide bonds. The van der Waals surface area contributed by atoms with Gasteiger partial charge in [-0.15, -0.1) is 0 Å². The molecule has 5 heteroatoms. The number of aliphatic carboxylic acids is 1. The summed E-state index contributed by atoms with van der Waals surface area (Å²) in [6.45, 7) is 0. The van der Waals surface area contributed by atoms with Crippen molar-refractivity contribution >= 4 is 22.6 Å². The molecule has 0 radical (unpaired) electrons. The summed E-state index contributed by atoms with van der Waals surface area (Å²) in [5.41, 5.74) is 2.08. The number of carbonyl (C=O) groups is 1. The molecule has 1 aliphatic carbocycles. The number of para-hydroxylation sites is 1. The van der Waals surface area contributed by atoms with Crippen molar-refractivity contribution in [2.24, 2.45) is 5.92 Å². The van der Waals surface area contributed by atoms with Crippen LogP contribution in [0.1, 0.15) is 24.8 Å². The van der Waals surface area contributed by atoms with Crippen molar-refractivity contribution in [3.8, 4) is 6.07 Å². The van der Waals surface area contributed by atoms with E-state index in [0.717, 1.165) is 23.0 Å². The maximum atomic E-state index is 11.0. The van der Waals surface area contributed by atoms with Crippen LogP contribution in [0.4, 0.5) is 5.69 Å². The van der Waals surface area contributed by atoms with Crippen LogP contribution >= 0.6 is 0 Å². The van der Waals surface area contributed by atoms with Crippen molar-refractivity contribution in [3.05, 3.63) is 36.0 Å². The van der Waals surface area contributed by atoms with Crippen LogP contribution in [0.15, 0.2) is 30.5 Å². The van der Waals surface area contributed by atoms with Crippen LogP contribution in [0.25, 0.3) is 10.9 Å². The summed E-state index contributed by atoms with van der Waals surface area (Å²) in [4.78, 5) is 15.3. The fourth-order valence-electron chi connectivity index (χ4n) is 2.92. The largest absolute Gasteiger partial charge is 0.481 e. The van der Waals surface area contributed by atoms with Gasteiger partial charge in [0.15, 0.2) is 0 Å². The third-order valence-electron chi connectivity index (χ3n) is 4.03. The number of carboxylic acid groups (broad SMARTS) is 1. The first-order valence-corrected chi connectivity index (χ1v) is 6.96. The number of fused-ring (bicyclic) bond motifs is 1. The van der Waals surface area contributed by atoms with Crippen LogP contribution in [0, 0.1) is 17.2 Å². The van der Waals surface area contributed by atoms with Gasteiger partial charge in [-0.1, -0.05) is 18.2 Å². The second kappa shape index (κ2) is 5.41. The number of anilines is 1. The van der Waals surface area contributed by atoms with Gasteiger partial charge < -0.3 is 10.4 Å². The SMILES string of the molecule is N#Cc1cnc2ccccc2c1NC1CCC(C(=O)O)C1. The number of benzene rings is 1. The van der Waals surface area contributed by atoms with Crippen LogP contribution < -0.4 is 5.32 Å². The van der Waals surface area contributed by atoms with Crippen molar-refractivity contribution < 1.29 is 9.90 Å². The molecule has 1 aromatic heterocycles. The molecular formula is C16H15N3O2. The summed E-state index contributed by atoms with van der Waals surface area (Å²) in [6, 6.07) is 9.88. The summed E-state index contributed by atoms with van der Waals surface area (Å²) in [7, 11) is 0. The highest BCUT2D eigenvalue weighted by Crippen LogP contribution is 2.32. The lowest BCUT2D eigenvalue weighted by Crippen LogP contribution is -2.18. The number of rotatable bonds is 3. The predicted octanol–water partition coefficient (Wildman–Crippen LogP) is 2.77. The van der Waals surface area contributed by atoms with Crippen molar-refractivity contribution in [3.63, 3.8) is 0 Å². The maximum Gasteiger partial charge on any atom is 0.306 e. The van der Waals surface area contributed by atoms with Crippen molar-refractivity contribution in [2.45, 2.75) is 25.3 Å². The standard InChI is InChI=1S/C16H15N3O2/c17-8-11-9-18-14-4-2-1-3-13(14)15(11)19-12-6-5-10(7-12)16(20)21/h1-4,9-10,12H,5-7H2,(H,18,19)(H,20,21). The average Bonchev–Trinajstić information content (AvgIpc) is 2.96. The van der Waals surface area contributed by atoms with Gasteiger partial charge in [-0.25, -0.2) is 0 Å². The molecule has 106 valence electrons. The van der Waals surface area contributed by atoms with E-state index in [1.807, 2.05) is 24.3 Å². The number of hydrogen-bond acceptors (Lipinski definition) is 4. The summed E-state index contributed by atoms with van der Waals surface area (Å²) in [5, 5.41) is 22.6. The number of nitrogens with zero attached hydrogens (tertiary/aromatic N) is 2. The molecule has 1 saturated carbocycles. The number of aromatic nitrogens is 1.